The number of nitrogens with zero attached hydrogens (tertiary/aromatic N) is 2. The Morgan fingerprint density at radius 2 is 2.19 bits per heavy atom. The number of hydrogen-bond acceptors (Lipinski definition) is 4. The first-order valence-electron chi connectivity index (χ1n) is 5.36. The third-order valence-electron chi connectivity index (χ3n) is 3.22. The Morgan fingerprint density at radius 1 is 1.50 bits per heavy atom. The van der Waals surface area contributed by atoms with Gasteiger partial charge in [-0.15, -0.1) is 0 Å². The van der Waals surface area contributed by atoms with Crippen molar-refractivity contribution in [3.63, 3.8) is 0 Å². The number of rotatable bonds is 3. The van der Waals surface area contributed by atoms with Crippen LogP contribution in [0.5, 0.6) is 0 Å². The molecule has 0 aliphatic heterocycles. The van der Waals surface area contributed by atoms with Gasteiger partial charge < -0.3 is 10.6 Å². The van der Waals surface area contributed by atoms with E-state index in [2.05, 4.69) is 4.90 Å². The van der Waals surface area contributed by atoms with Crippen LogP contribution in [-0.2, 0) is 0 Å². The molecule has 2 rings (SSSR count). The Balaban J connectivity index is 2.24. The summed E-state index contributed by atoms with van der Waals surface area (Å²) in [6, 6.07) is 5.18. The smallest absolute Gasteiger partial charge is 0.271 e. The maximum atomic E-state index is 10.6. The minimum absolute atomic E-state index is 0.0447. The van der Waals surface area contributed by atoms with Crippen molar-refractivity contribution in [2.24, 2.45) is 0 Å². The summed E-state index contributed by atoms with van der Waals surface area (Å²) in [6.07, 6.45) is 3.60. The highest BCUT2D eigenvalue weighted by Gasteiger charge is 2.24. The fourth-order valence-electron chi connectivity index (χ4n) is 1.95. The van der Waals surface area contributed by atoms with E-state index in [0.717, 1.165) is 5.69 Å². The van der Waals surface area contributed by atoms with Crippen molar-refractivity contribution in [3.8, 4) is 0 Å². The second kappa shape index (κ2) is 4.00. The van der Waals surface area contributed by atoms with E-state index in [1.807, 2.05) is 7.05 Å². The van der Waals surface area contributed by atoms with E-state index in [1.165, 1.54) is 31.4 Å². The zero-order valence-electron chi connectivity index (χ0n) is 9.22. The molecule has 1 saturated carbocycles. The van der Waals surface area contributed by atoms with E-state index < -0.39 is 4.92 Å². The largest absolute Gasteiger partial charge is 0.397 e. The molecule has 1 aromatic rings. The molecule has 0 unspecified atom stereocenters. The van der Waals surface area contributed by atoms with E-state index in [1.54, 1.807) is 6.07 Å². The molecule has 0 aromatic heterocycles. The Hall–Kier alpha value is -1.78. The summed E-state index contributed by atoms with van der Waals surface area (Å²) in [5, 5.41) is 10.6. The molecule has 5 heteroatoms. The number of nitrogens with two attached hydrogens (primary N) is 1. The summed E-state index contributed by atoms with van der Waals surface area (Å²) < 4.78 is 0. The van der Waals surface area contributed by atoms with E-state index in [9.17, 15) is 10.1 Å². The van der Waals surface area contributed by atoms with Gasteiger partial charge in [0.25, 0.3) is 5.69 Å². The monoisotopic (exact) mass is 221 g/mol. The Morgan fingerprint density at radius 3 is 2.62 bits per heavy atom. The van der Waals surface area contributed by atoms with E-state index in [4.69, 9.17) is 5.73 Å². The molecule has 0 spiro atoms. The van der Waals surface area contributed by atoms with Crippen molar-refractivity contribution in [1.82, 2.24) is 0 Å². The van der Waals surface area contributed by atoms with Crippen LogP contribution in [0.2, 0.25) is 0 Å². The SMILES string of the molecule is CN(c1ccc([N+](=O)[O-])cc1N)C1CCC1. The lowest BCUT2D eigenvalue weighted by molar-refractivity contribution is -0.384. The predicted molar refractivity (Wildman–Crippen MR) is 63.6 cm³/mol. The first-order chi connectivity index (χ1) is 7.59. The zero-order chi connectivity index (χ0) is 11.7. The summed E-state index contributed by atoms with van der Waals surface area (Å²) in [6.45, 7) is 0. The number of nitro benzene ring substituents is 1. The van der Waals surface area contributed by atoms with Crippen LogP contribution in [0.25, 0.3) is 0 Å². The molecule has 5 nitrogen and oxygen atoms in total. The maximum Gasteiger partial charge on any atom is 0.271 e. The molecule has 0 radical (unpaired) electrons. The minimum atomic E-state index is -0.427. The average Bonchev–Trinajstić information content (AvgIpc) is 2.14. The number of nitrogen functional groups attached to an aromatic ring is 1. The molecule has 0 amide bonds. The number of benzene rings is 1. The summed E-state index contributed by atoms with van der Waals surface area (Å²) in [5.41, 5.74) is 7.24. The van der Waals surface area contributed by atoms with Gasteiger partial charge in [0.05, 0.1) is 16.3 Å². The van der Waals surface area contributed by atoms with Gasteiger partial charge in [0, 0.05) is 25.2 Å². The third kappa shape index (κ3) is 1.80. The lowest BCUT2D eigenvalue weighted by Crippen LogP contribution is -2.37. The standard InChI is InChI=1S/C11H15N3O2/c1-13(8-3-2-4-8)11-6-5-9(14(15)16)7-10(11)12/h5-8H,2-4,12H2,1H3. The van der Waals surface area contributed by atoms with Crippen LogP contribution in [0.15, 0.2) is 18.2 Å². The highest BCUT2D eigenvalue weighted by atomic mass is 16.6. The van der Waals surface area contributed by atoms with Crippen molar-refractivity contribution in [3.05, 3.63) is 28.3 Å². The lowest BCUT2D eigenvalue weighted by Gasteiger charge is -2.36. The third-order valence-corrected chi connectivity index (χ3v) is 3.22. The molecule has 1 aromatic carbocycles. The molecule has 1 fully saturated rings. The second-order valence-electron chi connectivity index (χ2n) is 4.20. The minimum Gasteiger partial charge on any atom is -0.397 e. The Bertz CT molecular complexity index is 416. The Labute approximate surface area is 94.0 Å². The first kappa shape index (κ1) is 10.7. The van der Waals surface area contributed by atoms with Gasteiger partial charge in [-0.25, -0.2) is 0 Å². The van der Waals surface area contributed by atoms with Gasteiger partial charge in [0.1, 0.15) is 0 Å². The molecule has 1 aliphatic carbocycles. The second-order valence-corrected chi connectivity index (χ2v) is 4.20. The molecule has 16 heavy (non-hydrogen) atoms. The molecular formula is C11H15N3O2. The van der Waals surface area contributed by atoms with Gasteiger partial charge in [0.15, 0.2) is 0 Å². The average molecular weight is 221 g/mol. The van der Waals surface area contributed by atoms with Crippen molar-refractivity contribution in [2.75, 3.05) is 17.7 Å². The van der Waals surface area contributed by atoms with Crippen LogP contribution >= 0.6 is 0 Å². The predicted octanol–water partition coefficient (Wildman–Crippen LogP) is 2.17. The van der Waals surface area contributed by atoms with Crippen LogP contribution < -0.4 is 10.6 Å². The number of hydrogen-bond donors (Lipinski definition) is 1. The normalized spacial score (nSPS) is 15.6. The van der Waals surface area contributed by atoms with Crippen LogP contribution in [0.3, 0.4) is 0 Å². The summed E-state index contributed by atoms with van der Waals surface area (Å²) in [4.78, 5) is 12.3. The van der Waals surface area contributed by atoms with Crippen LogP contribution in [-0.4, -0.2) is 18.0 Å². The summed E-state index contributed by atoms with van der Waals surface area (Å²) >= 11 is 0. The van der Waals surface area contributed by atoms with Crippen LogP contribution in [0.1, 0.15) is 19.3 Å². The molecule has 0 heterocycles. The van der Waals surface area contributed by atoms with Crippen molar-refractivity contribution >= 4 is 17.1 Å². The van der Waals surface area contributed by atoms with Crippen LogP contribution in [0, 0.1) is 10.1 Å². The molecular weight excluding hydrogens is 206 g/mol. The number of nitro groups is 1. The highest BCUT2D eigenvalue weighted by molar-refractivity contribution is 5.70. The molecule has 0 saturated heterocycles. The topological polar surface area (TPSA) is 72.4 Å². The van der Waals surface area contributed by atoms with Gasteiger partial charge >= 0.3 is 0 Å². The first-order valence-corrected chi connectivity index (χ1v) is 5.36. The van der Waals surface area contributed by atoms with E-state index in [-0.39, 0.29) is 5.69 Å². The molecule has 0 bridgehead atoms. The fourth-order valence-corrected chi connectivity index (χ4v) is 1.95. The zero-order valence-corrected chi connectivity index (χ0v) is 9.22. The number of anilines is 2. The summed E-state index contributed by atoms with van der Waals surface area (Å²) in [5.74, 6) is 0. The van der Waals surface area contributed by atoms with Crippen LogP contribution in [0.4, 0.5) is 17.1 Å². The fraction of sp³-hybridized carbons (Fsp3) is 0.455. The van der Waals surface area contributed by atoms with Crippen molar-refractivity contribution in [1.29, 1.82) is 0 Å². The quantitative estimate of drug-likeness (QED) is 0.482. The van der Waals surface area contributed by atoms with Crippen molar-refractivity contribution in [2.45, 2.75) is 25.3 Å². The van der Waals surface area contributed by atoms with E-state index >= 15 is 0 Å². The molecule has 0 atom stereocenters. The van der Waals surface area contributed by atoms with Gasteiger partial charge in [-0.3, -0.25) is 10.1 Å². The van der Waals surface area contributed by atoms with Gasteiger partial charge in [0.2, 0.25) is 0 Å². The van der Waals surface area contributed by atoms with Crippen molar-refractivity contribution < 1.29 is 4.92 Å². The van der Waals surface area contributed by atoms with Gasteiger partial charge in [-0.1, -0.05) is 0 Å². The lowest BCUT2D eigenvalue weighted by atomic mass is 9.91. The van der Waals surface area contributed by atoms with E-state index in [0.29, 0.717) is 11.7 Å². The van der Waals surface area contributed by atoms with Gasteiger partial charge in [-0.05, 0) is 25.3 Å². The molecule has 2 N–H and O–H groups in total. The number of non-ortho nitro benzene ring substituents is 1. The maximum absolute atomic E-state index is 10.6. The molecule has 86 valence electrons. The molecule has 1 aliphatic rings. The highest BCUT2D eigenvalue weighted by Crippen LogP contribution is 2.33. The van der Waals surface area contributed by atoms with Gasteiger partial charge in [-0.2, -0.15) is 0 Å². The Kier molecular flexibility index (Phi) is 2.68. The summed E-state index contributed by atoms with van der Waals surface area (Å²) in [7, 11) is 1.99.